The minimum absolute atomic E-state index is 0.321. The van der Waals surface area contributed by atoms with Crippen LogP contribution in [0.1, 0.15) is 39.5 Å². The molecule has 1 atom stereocenters. The molecule has 0 bridgehead atoms. The van der Waals surface area contributed by atoms with E-state index in [9.17, 15) is 5.26 Å². The van der Waals surface area contributed by atoms with E-state index in [0.717, 1.165) is 51.9 Å². The highest BCUT2D eigenvalue weighted by Gasteiger charge is 2.26. The summed E-state index contributed by atoms with van der Waals surface area (Å²) < 4.78 is 0. The van der Waals surface area contributed by atoms with E-state index < -0.39 is 0 Å². The first kappa shape index (κ1) is 18.4. The standard InChI is InChI=1S/C15H32N4/c1-6-10-17-15(7-2,14-16)9-8-11-19(5)13-12-18(3)4/h17H,6-13H2,1-5H3. The summed E-state index contributed by atoms with van der Waals surface area (Å²) in [6.45, 7) is 8.40. The van der Waals surface area contributed by atoms with Gasteiger partial charge in [0.2, 0.25) is 0 Å². The third-order valence-electron chi connectivity index (χ3n) is 3.60. The quantitative estimate of drug-likeness (QED) is 0.622. The smallest absolute Gasteiger partial charge is 0.106 e. The Bertz CT molecular complexity index is 259. The summed E-state index contributed by atoms with van der Waals surface area (Å²) in [5, 5.41) is 12.8. The van der Waals surface area contributed by atoms with Crippen LogP contribution in [0.15, 0.2) is 0 Å². The summed E-state index contributed by atoms with van der Waals surface area (Å²) in [5.41, 5.74) is -0.321. The first-order valence-corrected chi connectivity index (χ1v) is 7.49. The van der Waals surface area contributed by atoms with Gasteiger partial charge >= 0.3 is 0 Å². The zero-order chi connectivity index (χ0) is 14.7. The van der Waals surface area contributed by atoms with Gasteiger partial charge in [-0.1, -0.05) is 13.8 Å². The minimum atomic E-state index is -0.321. The SMILES string of the molecule is CCCNC(C#N)(CC)CCCN(C)CCN(C)C. The van der Waals surface area contributed by atoms with Gasteiger partial charge in [0.1, 0.15) is 5.54 Å². The molecule has 4 nitrogen and oxygen atoms in total. The Hall–Kier alpha value is -0.630. The molecule has 0 amide bonds. The number of likely N-dealkylation sites (N-methyl/N-ethyl adjacent to an activating group) is 2. The highest BCUT2D eigenvalue weighted by molar-refractivity contribution is 5.06. The van der Waals surface area contributed by atoms with Crippen molar-refractivity contribution in [3.05, 3.63) is 0 Å². The molecule has 1 N–H and O–H groups in total. The van der Waals surface area contributed by atoms with Gasteiger partial charge in [-0.2, -0.15) is 5.26 Å². The fraction of sp³-hybridized carbons (Fsp3) is 0.933. The fourth-order valence-corrected chi connectivity index (χ4v) is 2.06. The van der Waals surface area contributed by atoms with Crippen LogP contribution in [0, 0.1) is 11.3 Å². The van der Waals surface area contributed by atoms with E-state index in [0.29, 0.717) is 0 Å². The van der Waals surface area contributed by atoms with Gasteiger partial charge < -0.3 is 9.80 Å². The molecule has 0 aliphatic rings. The van der Waals surface area contributed by atoms with Crippen molar-refractivity contribution in [2.45, 2.75) is 45.1 Å². The molecule has 0 aliphatic heterocycles. The number of nitrogens with zero attached hydrogens (tertiary/aromatic N) is 3. The van der Waals surface area contributed by atoms with Crippen LogP contribution in [0.4, 0.5) is 0 Å². The molecule has 0 radical (unpaired) electrons. The van der Waals surface area contributed by atoms with Crippen LogP contribution in [0.2, 0.25) is 0 Å². The van der Waals surface area contributed by atoms with Crippen molar-refractivity contribution in [3.8, 4) is 6.07 Å². The lowest BCUT2D eigenvalue weighted by Crippen LogP contribution is -2.44. The Kier molecular flexibility index (Phi) is 9.85. The van der Waals surface area contributed by atoms with Crippen LogP contribution in [0.25, 0.3) is 0 Å². The van der Waals surface area contributed by atoms with E-state index in [1.807, 2.05) is 0 Å². The van der Waals surface area contributed by atoms with Crippen LogP contribution in [-0.2, 0) is 0 Å². The zero-order valence-corrected chi connectivity index (χ0v) is 13.5. The van der Waals surface area contributed by atoms with Crippen LogP contribution < -0.4 is 5.32 Å². The van der Waals surface area contributed by atoms with Crippen molar-refractivity contribution in [2.24, 2.45) is 0 Å². The first-order valence-electron chi connectivity index (χ1n) is 7.49. The summed E-state index contributed by atoms with van der Waals surface area (Å²) in [4.78, 5) is 4.54. The Morgan fingerprint density at radius 1 is 1.11 bits per heavy atom. The van der Waals surface area contributed by atoms with Crippen LogP contribution in [0.3, 0.4) is 0 Å². The number of nitrogens with one attached hydrogen (secondary N) is 1. The second-order valence-corrected chi connectivity index (χ2v) is 5.68. The molecule has 0 fully saturated rings. The molecule has 0 aliphatic carbocycles. The summed E-state index contributed by atoms with van der Waals surface area (Å²) >= 11 is 0. The number of hydrogen-bond acceptors (Lipinski definition) is 4. The molecule has 0 aromatic carbocycles. The lowest BCUT2D eigenvalue weighted by molar-refractivity contribution is 0.264. The van der Waals surface area contributed by atoms with Gasteiger partial charge in [-0.25, -0.2) is 0 Å². The number of hydrogen-bond donors (Lipinski definition) is 1. The molecule has 0 saturated carbocycles. The average molecular weight is 268 g/mol. The largest absolute Gasteiger partial charge is 0.308 e. The van der Waals surface area contributed by atoms with Crippen molar-refractivity contribution >= 4 is 0 Å². The molecule has 19 heavy (non-hydrogen) atoms. The van der Waals surface area contributed by atoms with E-state index in [2.05, 4.69) is 56.2 Å². The summed E-state index contributed by atoms with van der Waals surface area (Å²) in [6.07, 6.45) is 3.96. The van der Waals surface area contributed by atoms with Gasteiger partial charge in [-0.15, -0.1) is 0 Å². The predicted molar refractivity (Wildman–Crippen MR) is 82.2 cm³/mol. The third kappa shape index (κ3) is 8.20. The van der Waals surface area contributed by atoms with E-state index in [1.54, 1.807) is 0 Å². The van der Waals surface area contributed by atoms with E-state index in [1.165, 1.54) is 0 Å². The fourth-order valence-electron chi connectivity index (χ4n) is 2.06. The van der Waals surface area contributed by atoms with Crippen LogP contribution >= 0.6 is 0 Å². The lowest BCUT2D eigenvalue weighted by atomic mass is 9.91. The predicted octanol–water partition coefficient (Wildman–Crippen LogP) is 1.93. The first-order chi connectivity index (χ1) is 8.99. The second-order valence-electron chi connectivity index (χ2n) is 5.68. The van der Waals surface area contributed by atoms with Crippen molar-refractivity contribution in [3.63, 3.8) is 0 Å². The molecule has 4 heteroatoms. The molecule has 112 valence electrons. The topological polar surface area (TPSA) is 42.3 Å². The second kappa shape index (κ2) is 10.2. The molecular weight excluding hydrogens is 236 g/mol. The van der Waals surface area contributed by atoms with Gasteiger partial charge in [0.05, 0.1) is 6.07 Å². The van der Waals surface area contributed by atoms with Gasteiger partial charge in [-0.05, 0) is 59.9 Å². The molecule has 0 aromatic rings. The van der Waals surface area contributed by atoms with Crippen LogP contribution in [0.5, 0.6) is 0 Å². The minimum Gasteiger partial charge on any atom is -0.308 e. The molecule has 0 rings (SSSR count). The van der Waals surface area contributed by atoms with Gasteiger partial charge in [-0.3, -0.25) is 5.32 Å². The lowest BCUT2D eigenvalue weighted by Gasteiger charge is -2.28. The van der Waals surface area contributed by atoms with E-state index in [4.69, 9.17) is 0 Å². The summed E-state index contributed by atoms with van der Waals surface area (Å²) in [5.74, 6) is 0. The van der Waals surface area contributed by atoms with Crippen molar-refractivity contribution in [1.29, 1.82) is 5.26 Å². The highest BCUT2D eigenvalue weighted by Crippen LogP contribution is 2.16. The third-order valence-corrected chi connectivity index (χ3v) is 3.60. The van der Waals surface area contributed by atoms with E-state index in [-0.39, 0.29) is 5.54 Å². The van der Waals surface area contributed by atoms with Crippen molar-refractivity contribution < 1.29 is 0 Å². The Morgan fingerprint density at radius 3 is 2.26 bits per heavy atom. The molecule has 0 spiro atoms. The van der Waals surface area contributed by atoms with Crippen molar-refractivity contribution in [1.82, 2.24) is 15.1 Å². The van der Waals surface area contributed by atoms with Gasteiger partial charge in [0, 0.05) is 13.1 Å². The van der Waals surface area contributed by atoms with Gasteiger partial charge in [0.25, 0.3) is 0 Å². The summed E-state index contributed by atoms with van der Waals surface area (Å²) in [6, 6.07) is 2.49. The average Bonchev–Trinajstić information content (AvgIpc) is 2.40. The van der Waals surface area contributed by atoms with Crippen molar-refractivity contribution in [2.75, 3.05) is 47.3 Å². The molecule has 0 saturated heterocycles. The Morgan fingerprint density at radius 2 is 1.79 bits per heavy atom. The molecule has 0 aromatic heterocycles. The zero-order valence-electron chi connectivity index (χ0n) is 13.5. The molecule has 0 heterocycles. The number of rotatable bonds is 11. The Balaban J connectivity index is 4.02. The normalized spacial score (nSPS) is 14.6. The highest BCUT2D eigenvalue weighted by atomic mass is 15.1. The van der Waals surface area contributed by atoms with Gasteiger partial charge in [0.15, 0.2) is 0 Å². The van der Waals surface area contributed by atoms with E-state index >= 15 is 0 Å². The van der Waals surface area contributed by atoms with Crippen LogP contribution in [-0.4, -0.2) is 62.7 Å². The maximum absolute atomic E-state index is 9.41. The maximum Gasteiger partial charge on any atom is 0.106 e. The maximum atomic E-state index is 9.41. The molecule has 1 unspecified atom stereocenters. The summed E-state index contributed by atoms with van der Waals surface area (Å²) in [7, 11) is 6.35. The monoisotopic (exact) mass is 268 g/mol. The Labute approximate surface area is 119 Å². The molecular formula is C15H32N4. The number of nitriles is 1.